The molecule has 9 heteroatoms. The first-order chi connectivity index (χ1) is 39.7. The van der Waals surface area contributed by atoms with E-state index in [1.807, 2.05) is 13.8 Å². The Morgan fingerprint density at radius 3 is 1.21 bits per heavy atom. The highest BCUT2D eigenvalue weighted by Crippen LogP contribution is 2.92. The Hall–Kier alpha value is -0.816. The monoisotopic (exact) mass is 1240 g/mol. The van der Waals surface area contributed by atoms with Crippen LogP contribution in [-0.2, 0) is 27.9 Å². The van der Waals surface area contributed by atoms with E-state index in [0.717, 1.165) is 71.7 Å². The number of aliphatic hydroxyl groups is 1. The van der Waals surface area contributed by atoms with Gasteiger partial charge in [-0.15, -0.1) is 0 Å². The zero-order valence-electron chi connectivity index (χ0n) is 58.8. The molecule has 2 saturated heterocycles. The number of ether oxygens (including phenoxy) is 3. The second kappa shape index (κ2) is 23.2. The van der Waals surface area contributed by atoms with Crippen molar-refractivity contribution in [2.24, 2.45) is 113 Å². The highest BCUT2D eigenvalue weighted by molar-refractivity contribution is 6.74. The van der Waals surface area contributed by atoms with Crippen molar-refractivity contribution in [1.82, 2.24) is 0 Å². The lowest BCUT2D eigenvalue weighted by Crippen LogP contribution is -2.60. The minimum absolute atomic E-state index is 0. The van der Waals surface area contributed by atoms with Crippen LogP contribution in [0.5, 0.6) is 0 Å². The van der Waals surface area contributed by atoms with Crippen molar-refractivity contribution in [2.75, 3.05) is 0 Å². The number of hydrogen-bond acceptors (Lipinski definition) is 7. The number of esters is 1. The third-order valence-corrected chi connectivity index (χ3v) is 42.5. The number of rotatable bonds is 15. The molecule has 500 valence electrons. The normalized spacial score (nSPS) is 49.7. The van der Waals surface area contributed by atoms with Crippen LogP contribution in [0.15, 0.2) is 24.3 Å². The van der Waals surface area contributed by atoms with Gasteiger partial charge in [-0.2, -0.15) is 0 Å². The summed E-state index contributed by atoms with van der Waals surface area (Å²) in [6, 6.07) is 7.03. The van der Waals surface area contributed by atoms with Gasteiger partial charge in [0, 0.05) is 17.8 Å². The quantitative estimate of drug-likeness (QED) is 0.0993. The summed E-state index contributed by atoms with van der Waals surface area (Å²) < 4.78 is 36.1. The predicted octanol–water partition coefficient (Wildman–Crippen LogP) is 20.6. The minimum Gasteiger partial charge on any atom is -0.455 e. The topological polar surface area (TPSA) is 83.5 Å². The van der Waals surface area contributed by atoms with Crippen LogP contribution < -0.4 is 0 Å². The number of hydrogen-bond donors (Lipinski definition) is 1. The number of carbonyl (C=O) groups excluding carboxylic acids is 1. The van der Waals surface area contributed by atoms with Crippen molar-refractivity contribution in [1.29, 1.82) is 0 Å². The Bertz CT molecular complexity index is 2540. The van der Waals surface area contributed by atoms with E-state index in [-0.39, 0.29) is 79.1 Å². The zero-order chi connectivity index (χ0) is 62.2. The first kappa shape index (κ1) is 70.5. The van der Waals surface area contributed by atoms with Crippen LogP contribution in [0.3, 0.4) is 0 Å². The van der Waals surface area contributed by atoms with Gasteiger partial charge in [-0.05, 0) is 266 Å². The Kier molecular flexibility index (Phi) is 18.8. The van der Waals surface area contributed by atoms with Gasteiger partial charge >= 0.3 is 5.97 Å². The van der Waals surface area contributed by atoms with Gasteiger partial charge in [0.05, 0.1) is 36.6 Å². The van der Waals surface area contributed by atoms with Crippen LogP contribution in [0.4, 0.5) is 0 Å². The van der Waals surface area contributed by atoms with E-state index in [2.05, 4.69) is 138 Å². The molecule has 12 aliphatic rings. The van der Waals surface area contributed by atoms with Gasteiger partial charge < -0.3 is 28.2 Å². The molecule has 0 aromatic rings. The van der Waals surface area contributed by atoms with Crippen molar-refractivity contribution >= 4 is 22.6 Å². The largest absolute Gasteiger partial charge is 0.455 e. The Balaban J connectivity index is 0.000000203. The van der Waals surface area contributed by atoms with E-state index in [0.29, 0.717) is 62.1 Å². The lowest BCUT2D eigenvalue weighted by molar-refractivity contribution is -0.181. The van der Waals surface area contributed by atoms with Crippen molar-refractivity contribution < 1.29 is 33.0 Å². The summed E-state index contributed by atoms with van der Waals surface area (Å²) in [7, 11) is -3.86. The summed E-state index contributed by atoms with van der Waals surface area (Å²) >= 11 is 0. The second-order valence-electron chi connectivity index (χ2n) is 35.8. The summed E-state index contributed by atoms with van der Waals surface area (Å²) in [6.07, 6.45) is 20.5. The fourth-order valence-electron chi connectivity index (χ4n) is 27.3. The number of aliphatic hydroxyl groups excluding tert-OH is 1. The Morgan fingerprint density at radius 1 is 0.517 bits per heavy atom. The van der Waals surface area contributed by atoms with Gasteiger partial charge in [0.1, 0.15) is 12.2 Å². The summed E-state index contributed by atoms with van der Waals surface area (Å²) in [5.41, 5.74) is 5.25. The number of carbonyl (C=O) groups is 1. The molecule has 87 heavy (non-hydrogen) atoms. The van der Waals surface area contributed by atoms with Gasteiger partial charge in [-0.1, -0.05) is 153 Å². The maximum absolute atomic E-state index is 12.2. The number of fused-ring (bicyclic) bond motifs is 8. The third kappa shape index (κ3) is 9.34. The molecule has 10 aliphatic carbocycles. The second-order valence-corrected chi connectivity index (χ2v) is 45.2. The molecule has 0 radical (unpaired) electrons. The molecule has 0 amide bonds. The summed E-state index contributed by atoms with van der Waals surface area (Å²) in [6.45, 7) is 59.4. The molecule has 2 unspecified atom stereocenters. The Labute approximate surface area is 538 Å². The molecule has 12 rings (SSSR count). The van der Waals surface area contributed by atoms with E-state index in [1.54, 1.807) is 0 Å². The molecule has 10 saturated carbocycles. The zero-order valence-corrected chi connectivity index (χ0v) is 60.8. The van der Waals surface area contributed by atoms with E-state index in [9.17, 15) is 9.90 Å². The van der Waals surface area contributed by atoms with E-state index >= 15 is 0 Å². The van der Waals surface area contributed by atoms with Crippen LogP contribution >= 0.6 is 0 Å². The van der Waals surface area contributed by atoms with Crippen LogP contribution in [-0.4, -0.2) is 76.5 Å². The SMILES string of the molecule is C.C.C=C(C)[C@@H](O)[C@H]1C[C@@H](C)[C@H]2[C@H](O1)[C@H](O[Si](CC)(CC)CC)[C@@]1(C)[C@@H]3CC[C@H]4C(C)(C)C(C)CC[C@@]45C[C@@]35CC[C@]21C.C=C(C)[C@@H](OC(C)=O)[C@H]1C[C@@H](C)[C@H]2[C@H](O1)[C@H](O[Si](CC)(CC)CC)[C@@]1(C)[C@@H]3CC[C@H]4C(C)(C)C(C)CC[C@@]45C[C@@]35CC[C@]21C. The van der Waals surface area contributed by atoms with E-state index in [4.69, 9.17) is 23.1 Å². The van der Waals surface area contributed by atoms with Crippen LogP contribution in [0.25, 0.3) is 0 Å². The van der Waals surface area contributed by atoms with Crippen molar-refractivity contribution in [3.63, 3.8) is 0 Å². The Morgan fingerprint density at radius 2 is 0.862 bits per heavy atom. The molecule has 0 bridgehead atoms. The molecule has 4 spiro atoms. The van der Waals surface area contributed by atoms with E-state index in [1.165, 1.54) is 115 Å². The smallest absolute Gasteiger partial charge is 0.303 e. The summed E-state index contributed by atoms with van der Waals surface area (Å²) in [5, 5.41) is 11.2. The summed E-state index contributed by atoms with van der Waals surface area (Å²) in [4.78, 5) is 12.2. The molecule has 7 nitrogen and oxygen atoms in total. The van der Waals surface area contributed by atoms with E-state index < -0.39 is 28.8 Å². The van der Waals surface area contributed by atoms with Crippen molar-refractivity contribution in [3.05, 3.63) is 24.3 Å². The average molecular weight is 1240 g/mol. The lowest BCUT2D eigenvalue weighted by atomic mass is 9.41. The van der Waals surface area contributed by atoms with Crippen LogP contribution in [0.1, 0.15) is 263 Å². The molecular formula is C78H138O7Si2. The highest BCUT2D eigenvalue weighted by atomic mass is 28.4. The maximum Gasteiger partial charge on any atom is 0.303 e. The molecule has 0 aromatic heterocycles. The first-order valence-corrected chi connectivity index (χ1v) is 41.6. The highest BCUT2D eigenvalue weighted by Gasteiger charge is 2.87. The first-order valence-electron chi connectivity index (χ1n) is 36.5. The summed E-state index contributed by atoms with van der Waals surface area (Å²) in [5.74, 6) is 6.51. The lowest BCUT2D eigenvalue weighted by Gasteiger charge is -2.64. The van der Waals surface area contributed by atoms with Gasteiger partial charge in [0.25, 0.3) is 0 Å². The average Bonchev–Trinajstić information content (AvgIpc) is 1.47. The molecule has 0 aromatic carbocycles. The minimum atomic E-state index is -1.95. The van der Waals surface area contributed by atoms with Crippen LogP contribution in [0, 0.1) is 113 Å². The van der Waals surface area contributed by atoms with Crippen molar-refractivity contribution in [3.8, 4) is 0 Å². The molecule has 1 N–H and O–H groups in total. The van der Waals surface area contributed by atoms with Crippen LogP contribution in [0.2, 0.25) is 36.3 Å². The maximum atomic E-state index is 12.2. The van der Waals surface area contributed by atoms with Gasteiger partial charge in [0.15, 0.2) is 16.6 Å². The third-order valence-electron chi connectivity index (χ3n) is 33.3. The van der Waals surface area contributed by atoms with Gasteiger partial charge in [-0.3, -0.25) is 4.79 Å². The molecule has 12 fully saturated rings. The standard InChI is InChI=1S/C39H66O4Si.C37H64O3Si.2CH4/c1-13-44(14-2,15-3)43-34-33-31(25(6)22-28(42-33)32(24(4)5)41-27(8)40)36(11)20-21-39-23-38(39)19-18-26(7)35(9,10)29(38)16-17-30(39)37(34,36)12;1-12-41(13-2,14-3)40-32-31-29(24(6)21-26(39-31)30(38)23(4)5)34(10)19-20-37-22-36(37)18-17-25(7)33(8,9)27(36)15-16-28(37)35(32,34)11;;/h25-26,28-34H,4,13-23H2,1-3,5-12H3;24-32,38H,4,12-22H2,1-3,5-11H3;2*1H4/t25-,26?,28-,29+,30+,31+,32-,33+,34+,36-,37-,38-,39+;24-,25?,26-,27+,28+,29+,30-,31+,32+,34-,35-,36-,37+;;/m11../s1. The predicted molar refractivity (Wildman–Crippen MR) is 367 cm³/mol. The van der Waals surface area contributed by atoms with Gasteiger partial charge in [-0.25, -0.2) is 0 Å². The molecule has 2 heterocycles. The van der Waals surface area contributed by atoms with Crippen molar-refractivity contribution in [2.45, 2.75) is 348 Å². The molecule has 2 aliphatic heterocycles. The van der Waals surface area contributed by atoms with Gasteiger partial charge in [0.2, 0.25) is 0 Å². The fraction of sp³-hybridized carbons (Fsp3) is 0.936. The molecular weight excluding hydrogens is 1110 g/mol. The fourth-order valence-corrected chi connectivity index (χ4v) is 33.1. The molecule has 26 atom stereocenters.